The fraction of sp³-hybridized carbons (Fsp3) is 0.643. The number of aromatic nitrogens is 2. The van der Waals surface area contributed by atoms with Crippen LogP contribution < -0.4 is 5.32 Å². The van der Waals surface area contributed by atoms with E-state index in [4.69, 9.17) is 0 Å². The lowest BCUT2D eigenvalue weighted by molar-refractivity contribution is 0.0467. The number of nitrogens with one attached hydrogen (secondary N) is 1. The van der Waals surface area contributed by atoms with Gasteiger partial charge in [-0.2, -0.15) is 5.10 Å². The Morgan fingerprint density at radius 1 is 1.55 bits per heavy atom. The molecule has 1 aromatic heterocycles. The van der Waals surface area contributed by atoms with Gasteiger partial charge in [-0.15, -0.1) is 0 Å². The van der Waals surface area contributed by atoms with Crippen LogP contribution >= 0.6 is 0 Å². The maximum atomic E-state index is 12.5. The van der Waals surface area contributed by atoms with E-state index < -0.39 is 11.6 Å². The summed E-state index contributed by atoms with van der Waals surface area (Å²) in [4.78, 5) is 25.7. The lowest BCUT2D eigenvalue weighted by Gasteiger charge is -2.29. The Morgan fingerprint density at radius 2 is 2.18 bits per heavy atom. The summed E-state index contributed by atoms with van der Waals surface area (Å²) in [6.07, 6.45) is 3.38. The monoisotopic (exact) mass is 310 g/mol. The van der Waals surface area contributed by atoms with Crippen molar-refractivity contribution in [1.29, 1.82) is 0 Å². The van der Waals surface area contributed by atoms with Crippen molar-refractivity contribution in [2.75, 3.05) is 19.0 Å². The number of ether oxygens (including phenoxy) is 1. The van der Waals surface area contributed by atoms with E-state index in [0.717, 1.165) is 12.8 Å². The van der Waals surface area contributed by atoms with Crippen molar-refractivity contribution in [3.8, 4) is 0 Å². The predicted octanol–water partition coefficient (Wildman–Crippen LogP) is 0.974. The van der Waals surface area contributed by atoms with Crippen molar-refractivity contribution in [3.05, 3.63) is 11.9 Å². The molecule has 122 valence electrons. The summed E-state index contributed by atoms with van der Waals surface area (Å²) in [5.41, 5.74) is -0.641. The number of carbonyl (C=O) groups is 2. The zero-order valence-electron chi connectivity index (χ0n) is 13.3. The van der Waals surface area contributed by atoms with Crippen LogP contribution in [-0.2, 0) is 11.8 Å². The molecule has 1 aromatic rings. The maximum Gasteiger partial charge on any atom is 0.360 e. The van der Waals surface area contributed by atoms with Gasteiger partial charge < -0.3 is 20.1 Å². The summed E-state index contributed by atoms with van der Waals surface area (Å²) in [5.74, 6) is -0.614. The molecule has 0 spiro atoms. The molecule has 0 aliphatic heterocycles. The van der Waals surface area contributed by atoms with Gasteiger partial charge in [0.25, 0.3) is 0 Å². The molecule has 0 unspecified atom stereocenters. The largest absolute Gasteiger partial charge is 0.464 e. The van der Waals surface area contributed by atoms with Crippen molar-refractivity contribution in [3.63, 3.8) is 0 Å². The first-order valence-electron chi connectivity index (χ1n) is 7.13. The number of methoxy groups -OCH3 is 1. The molecule has 0 bridgehead atoms. The molecule has 2 rings (SSSR count). The zero-order chi connectivity index (χ0) is 16.5. The van der Waals surface area contributed by atoms with Gasteiger partial charge in [0.1, 0.15) is 0 Å². The first-order valence-corrected chi connectivity index (χ1v) is 7.13. The van der Waals surface area contributed by atoms with Gasteiger partial charge in [-0.05, 0) is 26.7 Å². The summed E-state index contributed by atoms with van der Waals surface area (Å²) in [6, 6.07) is -0.229. The summed E-state index contributed by atoms with van der Waals surface area (Å²) in [6.45, 7) is 3.52. The number of hydrogen-bond acceptors (Lipinski definition) is 5. The normalized spacial score (nSPS) is 14.6. The van der Waals surface area contributed by atoms with Gasteiger partial charge in [0.15, 0.2) is 5.69 Å². The van der Waals surface area contributed by atoms with Gasteiger partial charge in [0.2, 0.25) is 0 Å². The number of rotatable bonds is 5. The molecule has 8 nitrogen and oxygen atoms in total. The molecule has 0 radical (unpaired) electrons. The molecule has 8 heteroatoms. The van der Waals surface area contributed by atoms with Crippen LogP contribution in [0.3, 0.4) is 0 Å². The van der Waals surface area contributed by atoms with Crippen molar-refractivity contribution in [1.82, 2.24) is 14.7 Å². The molecule has 1 aliphatic rings. The van der Waals surface area contributed by atoms with Crippen LogP contribution in [0.25, 0.3) is 0 Å². The van der Waals surface area contributed by atoms with E-state index in [2.05, 4.69) is 15.2 Å². The average molecular weight is 310 g/mol. The van der Waals surface area contributed by atoms with Crippen LogP contribution in [0.2, 0.25) is 0 Å². The Balaban J connectivity index is 2.15. The van der Waals surface area contributed by atoms with Crippen LogP contribution in [0, 0.1) is 0 Å². The third-order valence-electron chi connectivity index (χ3n) is 3.25. The van der Waals surface area contributed by atoms with Crippen molar-refractivity contribution >= 4 is 17.7 Å². The van der Waals surface area contributed by atoms with Gasteiger partial charge in [0, 0.05) is 19.3 Å². The second-order valence-electron chi connectivity index (χ2n) is 6.16. The average Bonchev–Trinajstić information content (AvgIpc) is 3.18. The number of aryl methyl sites for hydroxylation is 1. The number of anilines is 1. The molecular formula is C14H22N4O4. The minimum Gasteiger partial charge on any atom is -0.464 e. The number of carbonyl (C=O) groups excluding carboxylic acids is 2. The van der Waals surface area contributed by atoms with Crippen molar-refractivity contribution < 1.29 is 19.4 Å². The number of amides is 2. The molecule has 0 atom stereocenters. The Bertz CT molecular complexity index is 572. The number of urea groups is 1. The fourth-order valence-corrected chi connectivity index (χ4v) is 2.18. The first-order chi connectivity index (χ1) is 10.2. The molecule has 2 amide bonds. The highest BCUT2D eigenvalue weighted by Crippen LogP contribution is 2.29. The fourth-order valence-electron chi connectivity index (χ4n) is 2.18. The summed E-state index contributed by atoms with van der Waals surface area (Å²) < 4.78 is 6.08. The third kappa shape index (κ3) is 3.97. The molecule has 1 fully saturated rings. The molecule has 1 saturated carbocycles. The smallest absolute Gasteiger partial charge is 0.360 e. The lowest BCUT2D eigenvalue weighted by atomic mass is 10.1. The molecule has 1 heterocycles. The Hall–Kier alpha value is -2.09. The second-order valence-corrected chi connectivity index (χ2v) is 6.16. The molecule has 1 aliphatic carbocycles. The van der Waals surface area contributed by atoms with E-state index >= 15 is 0 Å². The number of nitrogens with zero attached hydrogens (tertiary/aromatic N) is 3. The number of aliphatic hydroxyl groups is 1. The Morgan fingerprint density at radius 3 is 2.68 bits per heavy atom. The van der Waals surface area contributed by atoms with E-state index in [1.165, 1.54) is 11.8 Å². The summed E-state index contributed by atoms with van der Waals surface area (Å²) >= 11 is 0. The predicted molar refractivity (Wildman–Crippen MR) is 79.6 cm³/mol. The first kappa shape index (κ1) is 16.3. The number of hydrogen-bond donors (Lipinski definition) is 2. The topological polar surface area (TPSA) is 96.7 Å². The van der Waals surface area contributed by atoms with E-state index in [1.54, 1.807) is 32.0 Å². The zero-order valence-corrected chi connectivity index (χ0v) is 13.3. The quantitative estimate of drug-likeness (QED) is 0.790. The van der Waals surface area contributed by atoms with Crippen LogP contribution in [0.5, 0.6) is 0 Å². The van der Waals surface area contributed by atoms with Crippen LogP contribution in [0.1, 0.15) is 37.2 Å². The van der Waals surface area contributed by atoms with E-state index in [1.807, 2.05) is 0 Å². The summed E-state index contributed by atoms with van der Waals surface area (Å²) in [5, 5.41) is 16.6. The van der Waals surface area contributed by atoms with Gasteiger partial charge >= 0.3 is 12.0 Å². The van der Waals surface area contributed by atoms with Gasteiger partial charge in [-0.25, -0.2) is 9.59 Å². The maximum absolute atomic E-state index is 12.5. The standard InChI is InChI=1S/C14H22N4O4/c1-14(2,21)8-18(9-5-6-9)13(20)15-10-7-17(3)16-11(10)12(19)22-4/h7,9,21H,5-6,8H2,1-4H3,(H,15,20). The number of esters is 1. The summed E-state index contributed by atoms with van der Waals surface area (Å²) in [7, 11) is 2.91. The van der Waals surface area contributed by atoms with Crippen LogP contribution in [0.15, 0.2) is 6.20 Å². The van der Waals surface area contributed by atoms with Gasteiger partial charge in [-0.1, -0.05) is 0 Å². The van der Waals surface area contributed by atoms with E-state index in [0.29, 0.717) is 5.69 Å². The highest BCUT2D eigenvalue weighted by atomic mass is 16.5. The van der Waals surface area contributed by atoms with Gasteiger partial charge in [0.05, 0.1) is 24.9 Å². The molecule has 0 saturated heterocycles. The molecular weight excluding hydrogens is 288 g/mol. The van der Waals surface area contributed by atoms with E-state index in [9.17, 15) is 14.7 Å². The minimum absolute atomic E-state index is 0.0531. The van der Waals surface area contributed by atoms with Crippen LogP contribution in [-0.4, -0.2) is 57.1 Å². The SMILES string of the molecule is COC(=O)c1nn(C)cc1NC(=O)N(CC(C)(C)O)C1CC1. The second kappa shape index (κ2) is 5.96. The highest BCUT2D eigenvalue weighted by molar-refractivity contribution is 5.99. The van der Waals surface area contributed by atoms with Gasteiger partial charge in [-0.3, -0.25) is 4.68 Å². The van der Waals surface area contributed by atoms with Crippen LogP contribution in [0.4, 0.5) is 10.5 Å². The van der Waals surface area contributed by atoms with Crippen molar-refractivity contribution in [2.45, 2.75) is 38.3 Å². The Kier molecular flexibility index (Phi) is 4.41. The molecule has 22 heavy (non-hydrogen) atoms. The van der Waals surface area contributed by atoms with E-state index in [-0.39, 0.29) is 24.3 Å². The van der Waals surface area contributed by atoms with Crippen molar-refractivity contribution in [2.24, 2.45) is 7.05 Å². The minimum atomic E-state index is -0.986. The third-order valence-corrected chi connectivity index (χ3v) is 3.25. The molecule has 0 aromatic carbocycles. The highest BCUT2D eigenvalue weighted by Gasteiger charge is 2.36. The lowest BCUT2D eigenvalue weighted by Crippen LogP contribution is -2.45. The molecule has 2 N–H and O–H groups in total. The Labute approximate surface area is 129 Å².